The molecule has 0 spiro atoms. The number of halogens is 2. The molecule has 0 aliphatic rings. The van der Waals surface area contributed by atoms with Gasteiger partial charge < -0.3 is 5.73 Å². The maximum atomic E-state index is 10.3. The van der Waals surface area contributed by atoms with Crippen LogP contribution in [0.3, 0.4) is 0 Å². The summed E-state index contributed by atoms with van der Waals surface area (Å²) < 4.78 is 0.269. The molecule has 2 amide bonds. The van der Waals surface area contributed by atoms with Crippen LogP contribution in [0, 0.1) is 0 Å². The average molecular weight is 277 g/mol. The Hall–Kier alpha value is 0.182. The first-order valence-corrected chi connectivity index (χ1v) is 2.64. The Morgan fingerprint density at radius 1 is 1.40 bits per heavy atom. The van der Waals surface area contributed by atoms with E-state index in [0.29, 0.717) is 0 Å². The number of amides is 2. The number of carbonyl (C=O) groups is 2. The smallest absolute Gasteiger partial charge is 0.261 e. The molecule has 0 aliphatic heterocycles. The van der Waals surface area contributed by atoms with Gasteiger partial charge in [-0.25, -0.2) is 0 Å². The third-order valence-electron chi connectivity index (χ3n) is 0.514. The van der Waals surface area contributed by atoms with E-state index in [4.69, 9.17) is 23.6 Å². The molecule has 0 bridgehead atoms. The largest absolute Gasteiger partial charge is 0.369 e. The molecule has 0 aliphatic carbocycles. The monoisotopic (exact) mass is 276 g/mol. The third-order valence-corrected chi connectivity index (χ3v) is 0.891. The molecule has 0 heterocycles. The van der Waals surface area contributed by atoms with E-state index in [2.05, 4.69) is 5.73 Å². The zero-order chi connectivity index (χ0) is 7.44. The number of hydrogen-bond donors (Lipinski definition) is 1. The summed E-state index contributed by atoms with van der Waals surface area (Å²) in [5, 5.41) is 0. The van der Waals surface area contributed by atoms with Crippen LogP contribution in [-0.4, -0.2) is 15.8 Å². The Balaban J connectivity index is 0. The Kier molecular flexibility index (Phi) is 7.60. The van der Waals surface area contributed by atoms with E-state index >= 15 is 0 Å². The normalized spacial score (nSPS) is 7.80. The van der Waals surface area contributed by atoms with Crippen LogP contribution in [0.4, 0.5) is 0 Å². The van der Waals surface area contributed by atoms with Crippen molar-refractivity contribution < 1.29 is 30.0 Å². The number of nitrogens with zero attached hydrogens (tertiary/aromatic N) is 1. The molecule has 0 saturated heterocycles. The molecule has 62 valence electrons. The Morgan fingerprint density at radius 3 is 1.90 bits per heavy atom. The van der Waals surface area contributed by atoms with E-state index < -0.39 is 18.2 Å². The Labute approximate surface area is 81.5 Å². The van der Waals surface area contributed by atoms with Gasteiger partial charge >= 0.3 is 0 Å². The summed E-state index contributed by atoms with van der Waals surface area (Å²) in [5.41, 5.74) is 4.63. The van der Waals surface area contributed by atoms with Crippen molar-refractivity contribution in [3.8, 4) is 0 Å². The van der Waals surface area contributed by atoms with Crippen molar-refractivity contribution in [2.75, 3.05) is 0 Å². The zero-order valence-corrected chi connectivity index (χ0v) is 7.69. The molecule has 0 unspecified atom stereocenters. The van der Waals surface area contributed by atoms with Crippen molar-refractivity contribution >= 4 is 35.4 Å². The van der Waals surface area contributed by atoms with Crippen LogP contribution >= 0.6 is 23.6 Å². The average Bonchev–Trinajstić information content (AvgIpc) is 1.63. The summed E-state index contributed by atoms with van der Waals surface area (Å²) in [7, 11) is 0. The first-order chi connectivity index (χ1) is 4.04. The second-order valence-electron chi connectivity index (χ2n) is 1.27. The first-order valence-electron chi connectivity index (χ1n) is 1.97. The first kappa shape index (κ1) is 12.8. The minimum absolute atomic E-state index is 0. The minimum Gasteiger partial charge on any atom is -0.369 e. The fraction of sp³-hybridized carbons (Fsp3) is 0.333. The molecule has 0 aromatic carbocycles. The summed E-state index contributed by atoms with van der Waals surface area (Å²) >= 11 is 9.83. The van der Waals surface area contributed by atoms with Crippen LogP contribution < -0.4 is 5.73 Å². The van der Waals surface area contributed by atoms with Crippen LogP contribution in [0.15, 0.2) is 0 Å². The van der Waals surface area contributed by atoms with Gasteiger partial charge in [0, 0.05) is 44.0 Å². The van der Waals surface area contributed by atoms with Crippen molar-refractivity contribution in [3.63, 3.8) is 0 Å². The molecule has 4 nitrogen and oxygen atoms in total. The van der Waals surface area contributed by atoms with E-state index in [9.17, 15) is 9.59 Å². The molecular formula is C3H4Cl2N2O2Pd. The second kappa shape index (κ2) is 5.93. The van der Waals surface area contributed by atoms with Crippen LogP contribution in [0.2, 0.25) is 0 Å². The maximum absolute atomic E-state index is 10.3. The molecule has 0 rings (SSSR count). The second-order valence-corrected chi connectivity index (χ2v) is 2.12. The number of hydrogen-bond acceptors (Lipinski definition) is 2. The van der Waals surface area contributed by atoms with Gasteiger partial charge in [0.25, 0.3) is 5.91 Å². The van der Waals surface area contributed by atoms with Crippen LogP contribution in [0.25, 0.3) is 0 Å². The molecule has 0 atom stereocenters. The molecule has 7 heteroatoms. The summed E-state index contributed by atoms with van der Waals surface area (Å²) in [5.74, 6) is -1.49. The summed E-state index contributed by atoms with van der Waals surface area (Å²) in [6.07, 6.45) is -0.465. The van der Waals surface area contributed by atoms with Gasteiger partial charge in [0.15, 0.2) is 0 Å². The van der Waals surface area contributed by atoms with Gasteiger partial charge in [-0.2, -0.15) is 3.94 Å². The van der Waals surface area contributed by atoms with Gasteiger partial charge in [0.05, 0.1) is 0 Å². The topological polar surface area (TPSA) is 63.4 Å². The quantitative estimate of drug-likeness (QED) is 0.438. The van der Waals surface area contributed by atoms with Crippen molar-refractivity contribution in [2.24, 2.45) is 5.73 Å². The molecule has 0 aromatic rings. The molecule has 0 saturated carbocycles. The number of nitrogens with two attached hydrogens (primary N) is 1. The third kappa shape index (κ3) is 6.30. The van der Waals surface area contributed by atoms with Crippen molar-refractivity contribution in [1.29, 1.82) is 0 Å². The minimum atomic E-state index is -0.758. The van der Waals surface area contributed by atoms with Crippen molar-refractivity contribution in [1.82, 2.24) is 3.94 Å². The fourth-order valence-electron chi connectivity index (χ4n) is 0.209. The fourth-order valence-corrected chi connectivity index (χ4v) is 0.328. The predicted molar refractivity (Wildman–Crippen MR) is 32.4 cm³/mol. The van der Waals surface area contributed by atoms with Gasteiger partial charge in [0.1, 0.15) is 6.42 Å². The van der Waals surface area contributed by atoms with Gasteiger partial charge in [-0.05, 0) is 0 Å². The summed E-state index contributed by atoms with van der Waals surface area (Å²) in [6.45, 7) is 0. The van der Waals surface area contributed by atoms with Crippen LogP contribution in [0.5, 0.6) is 0 Å². The van der Waals surface area contributed by atoms with Crippen molar-refractivity contribution in [2.45, 2.75) is 6.42 Å². The molecule has 0 aromatic heterocycles. The molecule has 0 radical (unpaired) electrons. The SMILES string of the molecule is NC(=O)CC(=O)N(Cl)Cl.[Pd]. The predicted octanol–water partition coefficient (Wildman–Crippen LogP) is -0.00450. The molecular weight excluding hydrogens is 273 g/mol. The number of rotatable bonds is 2. The molecule has 2 N–H and O–H groups in total. The van der Waals surface area contributed by atoms with E-state index in [1.807, 2.05) is 0 Å². The van der Waals surface area contributed by atoms with E-state index in [1.54, 1.807) is 0 Å². The number of primary amides is 1. The van der Waals surface area contributed by atoms with E-state index in [1.165, 1.54) is 0 Å². The summed E-state index contributed by atoms with van der Waals surface area (Å²) in [4.78, 5) is 20.3. The van der Waals surface area contributed by atoms with Crippen LogP contribution in [0.1, 0.15) is 6.42 Å². The Morgan fingerprint density at radius 2 is 1.80 bits per heavy atom. The number of carbonyl (C=O) groups excluding carboxylic acids is 2. The maximum Gasteiger partial charge on any atom is 0.261 e. The zero-order valence-electron chi connectivity index (χ0n) is 4.62. The Bertz CT molecular complexity index is 140. The molecule has 0 fully saturated rings. The van der Waals surface area contributed by atoms with Gasteiger partial charge in [-0.3, -0.25) is 9.59 Å². The van der Waals surface area contributed by atoms with Crippen molar-refractivity contribution in [3.05, 3.63) is 0 Å². The van der Waals surface area contributed by atoms with E-state index in [-0.39, 0.29) is 24.4 Å². The van der Waals surface area contributed by atoms with E-state index in [0.717, 1.165) is 0 Å². The van der Waals surface area contributed by atoms with Gasteiger partial charge in [-0.15, -0.1) is 0 Å². The standard InChI is InChI=1S/C3H4Cl2N2O2.Pd/c4-7(5)3(9)1-2(6)8;/h1H2,(H2,6,8);. The van der Waals surface area contributed by atoms with Gasteiger partial charge in [-0.1, -0.05) is 0 Å². The van der Waals surface area contributed by atoms with Crippen LogP contribution in [-0.2, 0) is 30.0 Å². The summed E-state index contributed by atoms with van der Waals surface area (Å²) in [6, 6.07) is 0. The van der Waals surface area contributed by atoms with Gasteiger partial charge in [0.2, 0.25) is 5.91 Å². The molecule has 10 heavy (non-hydrogen) atoms.